The number of hydrogen-bond donors (Lipinski definition) is 2. The highest BCUT2D eigenvalue weighted by atomic mass is 32.1. The van der Waals surface area contributed by atoms with Gasteiger partial charge in [0.2, 0.25) is 0 Å². The highest BCUT2D eigenvalue weighted by Gasteiger charge is 1.95. The normalized spacial score (nSPS) is 10.3. The number of benzene rings is 1. The SMILES string of the molecule is CCNC(=S)N/N=C/c1ccccc1F. The molecule has 0 aliphatic rings. The van der Waals surface area contributed by atoms with Gasteiger partial charge < -0.3 is 5.32 Å². The van der Waals surface area contributed by atoms with Crippen molar-refractivity contribution in [3.8, 4) is 0 Å². The second-order valence-corrected chi connectivity index (χ2v) is 3.16. The third kappa shape index (κ3) is 4.03. The molecule has 0 saturated heterocycles. The van der Waals surface area contributed by atoms with Gasteiger partial charge >= 0.3 is 0 Å². The average Bonchev–Trinajstić information content (AvgIpc) is 2.21. The largest absolute Gasteiger partial charge is 0.362 e. The number of rotatable bonds is 3. The summed E-state index contributed by atoms with van der Waals surface area (Å²) in [5.74, 6) is -0.308. The fourth-order valence-corrected chi connectivity index (χ4v) is 1.14. The zero-order valence-electron chi connectivity index (χ0n) is 8.33. The molecule has 1 rings (SSSR count). The van der Waals surface area contributed by atoms with Crippen molar-refractivity contribution in [1.29, 1.82) is 0 Å². The van der Waals surface area contributed by atoms with Crippen LogP contribution in [0, 0.1) is 5.82 Å². The topological polar surface area (TPSA) is 36.4 Å². The lowest BCUT2D eigenvalue weighted by atomic mass is 10.2. The predicted octanol–water partition coefficient (Wildman–Crippen LogP) is 1.64. The van der Waals surface area contributed by atoms with E-state index < -0.39 is 0 Å². The van der Waals surface area contributed by atoms with Crippen molar-refractivity contribution in [1.82, 2.24) is 10.7 Å². The molecule has 0 aromatic heterocycles. The smallest absolute Gasteiger partial charge is 0.186 e. The molecule has 0 unspecified atom stereocenters. The van der Waals surface area contributed by atoms with Gasteiger partial charge in [0, 0.05) is 12.1 Å². The van der Waals surface area contributed by atoms with Crippen molar-refractivity contribution in [2.24, 2.45) is 5.10 Å². The molecule has 0 spiro atoms. The first-order valence-corrected chi connectivity index (χ1v) is 4.96. The van der Waals surface area contributed by atoms with Crippen molar-refractivity contribution in [3.63, 3.8) is 0 Å². The van der Waals surface area contributed by atoms with Crippen LogP contribution >= 0.6 is 12.2 Å². The molecule has 0 radical (unpaired) electrons. The summed E-state index contributed by atoms with van der Waals surface area (Å²) in [4.78, 5) is 0. The Kier molecular flexibility index (Phi) is 4.70. The lowest BCUT2D eigenvalue weighted by molar-refractivity contribution is 0.626. The van der Waals surface area contributed by atoms with Crippen molar-refractivity contribution in [3.05, 3.63) is 35.6 Å². The minimum Gasteiger partial charge on any atom is -0.362 e. The van der Waals surface area contributed by atoms with Gasteiger partial charge in [0.1, 0.15) is 5.82 Å². The maximum atomic E-state index is 13.1. The summed E-state index contributed by atoms with van der Waals surface area (Å²) in [7, 11) is 0. The second-order valence-electron chi connectivity index (χ2n) is 2.75. The van der Waals surface area contributed by atoms with Crippen LogP contribution in [0.5, 0.6) is 0 Å². The highest BCUT2D eigenvalue weighted by molar-refractivity contribution is 7.80. The van der Waals surface area contributed by atoms with Gasteiger partial charge in [-0.2, -0.15) is 5.10 Å². The number of hydrazone groups is 1. The average molecular weight is 225 g/mol. The Hall–Kier alpha value is -1.49. The summed E-state index contributed by atoms with van der Waals surface area (Å²) in [5, 5.41) is 7.08. The fraction of sp³-hybridized carbons (Fsp3) is 0.200. The maximum Gasteiger partial charge on any atom is 0.186 e. The van der Waals surface area contributed by atoms with Gasteiger partial charge in [-0.3, -0.25) is 5.43 Å². The minimum absolute atomic E-state index is 0.308. The van der Waals surface area contributed by atoms with Gasteiger partial charge in [-0.1, -0.05) is 18.2 Å². The maximum absolute atomic E-state index is 13.1. The zero-order valence-corrected chi connectivity index (χ0v) is 9.14. The summed E-state index contributed by atoms with van der Waals surface area (Å²) < 4.78 is 13.1. The molecular formula is C10H12FN3S. The fourth-order valence-electron chi connectivity index (χ4n) is 0.940. The van der Waals surface area contributed by atoms with Gasteiger partial charge in [0.15, 0.2) is 5.11 Å². The van der Waals surface area contributed by atoms with Crippen molar-refractivity contribution in [2.75, 3.05) is 6.54 Å². The molecule has 0 fully saturated rings. The Morgan fingerprint density at radius 1 is 1.53 bits per heavy atom. The molecular weight excluding hydrogens is 213 g/mol. The minimum atomic E-state index is -0.308. The van der Waals surface area contributed by atoms with Gasteiger partial charge in [-0.15, -0.1) is 0 Å². The van der Waals surface area contributed by atoms with Crippen LogP contribution in [-0.2, 0) is 0 Å². The van der Waals surface area contributed by atoms with Crippen LogP contribution in [0.15, 0.2) is 29.4 Å². The van der Waals surface area contributed by atoms with Crippen LogP contribution in [-0.4, -0.2) is 17.9 Å². The number of hydrogen-bond acceptors (Lipinski definition) is 2. The molecule has 15 heavy (non-hydrogen) atoms. The second kappa shape index (κ2) is 6.08. The summed E-state index contributed by atoms with van der Waals surface area (Å²) in [6.45, 7) is 2.65. The van der Waals surface area contributed by atoms with Crippen LogP contribution in [0.25, 0.3) is 0 Å². The van der Waals surface area contributed by atoms with Gasteiger partial charge in [-0.25, -0.2) is 4.39 Å². The molecule has 3 nitrogen and oxygen atoms in total. The van der Waals surface area contributed by atoms with Crippen LogP contribution < -0.4 is 10.7 Å². The Morgan fingerprint density at radius 3 is 2.93 bits per heavy atom. The van der Waals surface area contributed by atoms with E-state index in [0.717, 1.165) is 6.54 Å². The molecule has 0 aliphatic carbocycles. The van der Waals surface area contributed by atoms with E-state index in [1.54, 1.807) is 18.2 Å². The highest BCUT2D eigenvalue weighted by Crippen LogP contribution is 2.02. The third-order valence-electron chi connectivity index (χ3n) is 1.61. The zero-order chi connectivity index (χ0) is 11.1. The summed E-state index contributed by atoms with van der Waals surface area (Å²) in [6, 6.07) is 6.39. The molecule has 5 heteroatoms. The van der Waals surface area contributed by atoms with E-state index >= 15 is 0 Å². The molecule has 0 saturated carbocycles. The molecule has 0 aliphatic heterocycles. The van der Waals surface area contributed by atoms with Crippen LogP contribution in [0.1, 0.15) is 12.5 Å². The van der Waals surface area contributed by atoms with E-state index in [4.69, 9.17) is 12.2 Å². The third-order valence-corrected chi connectivity index (χ3v) is 1.85. The molecule has 80 valence electrons. The molecule has 0 heterocycles. The quantitative estimate of drug-likeness (QED) is 0.466. The molecule has 1 aromatic rings. The first kappa shape index (κ1) is 11.6. The monoisotopic (exact) mass is 225 g/mol. The van der Waals surface area contributed by atoms with Crippen molar-refractivity contribution in [2.45, 2.75) is 6.92 Å². The lowest BCUT2D eigenvalue weighted by Crippen LogP contribution is -2.31. The van der Waals surface area contributed by atoms with E-state index in [9.17, 15) is 4.39 Å². The van der Waals surface area contributed by atoms with E-state index in [0.29, 0.717) is 10.7 Å². The van der Waals surface area contributed by atoms with Crippen LogP contribution in [0.3, 0.4) is 0 Å². The molecule has 0 amide bonds. The van der Waals surface area contributed by atoms with E-state index in [1.165, 1.54) is 12.3 Å². The lowest BCUT2D eigenvalue weighted by Gasteiger charge is -2.02. The van der Waals surface area contributed by atoms with Gasteiger partial charge in [0.05, 0.1) is 6.21 Å². The molecule has 2 N–H and O–H groups in total. The predicted molar refractivity (Wildman–Crippen MR) is 63.4 cm³/mol. The molecule has 0 atom stereocenters. The number of thiocarbonyl (C=S) groups is 1. The first-order chi connectivity index (χ1) is 7.24. The Morgan fingerprint density at radius 2 is 2.27 bits per heavy atom. The van der Waals surface area contributed by atoms with Crippen LogP contribution in [0.4, 0.5) is 4.39 Å². The van der Waals surface area contributed by atoms with Crippen molar-refractivity contribution >= 4 is 23.5 Å². The summed E-state index contributed by atoms with van der Waals surface area (Å²) in [6.07, 6.45) is 1.39. The van der Waals surface area contributed by atoms with E-state index in [-0.39, 0.29) is 5.82 Å². The standard InChI is InChI=1S/C10H12FN3S/c1-2-12-10(15)14-13-7-8-5-3-4-6-9(8)11/h3-7H,2H2,1H3,(H2,12,14,15)/b13-7+. The van der Waals surface area contributed by atoms with Gasteiger partial charge in [-0.05, 0) is 25.2 Å². The first-order valence-electron chi connectivity index (χ1n) is 4.55. The van der Waals surface area contributed by atoms with E-state index in [2.05, 4.69) is 15.8 Å². The van der Waals surface area contributed by atoms with Crippen molar-refractivity contribution < 1.29 is 4.39 Å². The molecule has 1 aromatic carbocycles. The summed E-state index contributed by atoms with van der Waals surface area (Å²) >= 11 is 4.87. The molecule has 0 bridgehead atoms. The number of nitrogens with zero attached hydrogens (tertiary/aromatic N) is 1. The van der Waals surface area contributed by atoms with Gasteiger partial charge in [0.25, 0.3) is 0 Å². The number of nitrogens with one attached hydrogen (secondary N) is 2. The Labute approximate surface area is 93.4 Å². The Bertz CT molecular complexity index is 365. The summed E-state index contributed by atoms with van der Waals surface area (Å²) in [5.41, 5.74) is 3.00. The Balaban J connectivity index is 2.52. The number of halogens is 1. The van der Waals surface area contributed by atoms with E-state index in [1.807, 2.05) is 6.92 Å². The van der Waals surface area contributed by atoms with Crippen LogP contribution in [0.2, 0.25) is 0 Å².